The highest BCUT2D eigenvalue weighted by molar-refractivity contribution is 7.79. The van der Waals surface area contributed by atoms with Crippen LogP contribution in [0, 0.1) is 5.92 Å². The summed E-state index contributed by atoms with van der Waals surface area (Å²) in [6, 6.07) is 15.6. The maximum atomic E-state index is 12.6. The number of carbonyl (C=O) groups excluding carboxylic acids is 2. The molecule has 0 saturated carbocycles. The minimum Gasteiger partial charge on any atom is -0.768 e. The zero-order chi connectivity index (χ0) is 20.1. The summed E-state index contributed by atoms with van der Waals surface area (Å²) >= 11 is -2.27. The van der Waals surface area contributed by atoms with Crippen LogP contribution in [0.25, 0.3) is 0 Å². The van der Waals surface area contributed by atoms with Gasteiger partial charge in [-0.2, -0.15) is 0 Å². The first-order valence-electron chi connectivity index (χ1n) is 8.83. The van der Waals surface area contributed by atoms with Crippen LogP contribution < -0.4 is 5.32 Å². The molecule has 2 amide bonds. The summed E-state index contributed by atoms with van der Waals surface area (Å²) in [4.78, 5) is 26.6. The summed E-state index contributed by atoms with van der Waals surface area (Å²) in [5, 5.41) is 2.82. The van der Waals surface area contributed by atoms with Crippen molar-refractivity contribution in [2.45, 2.75) is 17.4 Å². The molecule has 1 heterocycles. The van der Waals surface area contributed by atoms with E-state index in [0.717, 1.165) is 11.1 Å². The number of hydrogen-bond donors (Lipinski definition) is 1. The Morgan fingerprint density at radius 1 is 1.14 bits per heavy atom. The van der Waals surface area contributed by atoms with Gasteiger partial charge in [0.1, 0.15) is 0 Å². The van der Waals surface area contributed by atoms with Gasteiger partial charge in [0.25, 0.3) is 0 Å². The van der Waals surface area contributed by atoms with Crippen LogP contribution in [-0.4, -0.2) is 45.9 Å². The Hall–Kier alpha value is -2.71. The first-order chi connectivity index (χ1) is 13.5. The summed E-state index contributed by atoms with van der Waals surface area (Å²) in [6.45, 7) is 0.968. The molecule has 1 aliphatic heterocycles. The molecule has 28 heavy (non-hydrogen) atoms. The number of likely N-dealkylation sites (tertiary alicyclic amines) is 1. The second kappa shape index (κ2) is 8.99. The number of ether oxygens (including phenoxy) is 1. The molecule has 1 N–H and O–H groups in total. The molecule has 1 fully saturated rings. The van der Waals surface area contributed by atoms with Crippen LogP contribution in [0.3, 0.4) is 0 Å². The van der Waals surface area contributed by atoms with Gasteiger partial charge in [0.05, 0.1) is 13.0 Å². The maximum absolute atomic E-state index is 12.6. The molecule has 3 rings (SSSR count). The fraction of sp³-hybridized carbons (Fsp3) is 0.300. The predicted molar refractivity (Wildman–Crippen MR) is 102 cm³/mol. The number of rotatable bonds is 5. The zero-order valence-electron chi connectivity index (χ0n) is 15.4. The van der Waals surface area contributed by atoms with E-state index in [0.29, 0.717) is 6.54 Å². The number of amides is 2. The van der Waals surface area contributed by atoms with Gasteiger partial charge in [0.2, 0.25) is 0 Å². The highest BCUT2D eigenvalue weighted by atomic mass is 32.2. The van der Waals surface area contributed by atoms with E-state index in [1.807, 2.05) is 30.3 Å². The van der Waals surface area contributed by atoms with E-state index in [9.17, 15) is 18.4 Å². The van der Waals surface area contributed by atoms with Crippen LogP contribution in [0.1, 0.15) is 17.0 Å². The molecule has 3 unspecified atom stereocenters. The first-order valence-corrected chi connectivity index (χ1v) is 9.91. The van der Waals surface area contributed by atoms with Crippen LogP contribution in [0.4, 0.5) is 4.79 Å². The number of carbonyl (C=O) groups is 2. The van der Waals surface area contributed by atoms with Crippen LogP contribution in [0.2, 0.25) is 0 Å². The number of esters is 1. The van der Waals surface area contributed by atoms with Crippen molar-refractivity contribution in [2.75, 3.05) is 20.2 Å². The van der Waals surface area contributed by atoms with Gasteiger partial charge in [0, 0.05) is 30.4 Å². The van der Waals surface area contributed by atoms with Gasteiger partial charge in [-0.15, -0.1) is 0 Å². The Kier molecular flexibility index (Phi) is 6.43. The highest BCUT2D eigenvalue weighted by Gasteiger charge is 2.41. The molecule has 2 aromatic rings. The predicted octanol–water partition coefficient (Wildman–Crippen LogP) is 2.02. The van der Waals surface area contributed by atoms with Crippen molar-refractivity contribution in [2.24, 2.45) is 5.92 Å². The fourth-order valence-corrected chi connectivity index (χ4v) is 3.76. The molecule has 1 saturated heterocycles. The van der Waals surface area contributed by atoms with Gasteiger partial charge >= 0.3 is 12.0 Å². The van der Waals surface area contributed by atoms with Crippen molar-refractivity contribution in [3.63, 3.8) is 0 Å². The number of methoxy groups -OCH3 is 1. The van der Waals surface area contributed by atoms with Crippen LogP contribution >= 0.6 is 0 Å². The molecule has 148 valence electrons. The second-order valence-electron chi connectivity index (χ2n) is 6.59. The first kappa shape index (κ1) is 20.0. The summed E-state index contributed by atoms with van der Waals surface area (Å²) < 4.78 is 26.7. The molecule has 3 atom stereocenters. The number of benzene rings is 2. The Balaban J connectivity index is 1.65. The third-order valence-corrected chi connectivity index (χ3v) is 5.56. The van der Waals surface area contributed by atoms with E-state index < -0.39 is 17.0 Å². The number of nitrogens with zero attached hydrogens (tertiary/aromatic N) is 1. The monoisotopic (exact) mass is 401 g/mol. The van der Waals surface area contributed by atoms with Crippen molar-refractivity contribution in [1.82, 2.24) is 10.2 Å². The van der Waals surface area contributed by atoms with E-state index in [2.05, 4.69) is 5.32 Å². The van der Waals surface area contributed by atoms with Gasteiger partial charge < -0.3 is 19.5 Å². The van der Waals surface area contributed by atoms with Crippen LogP contribution in [0.15, 0.2) is 59.5 Å². The number of hydrogen-bond acceptors (Lipinski definition) is 5. The third-order valence-electron chi connectivity index (χ3n) is 4.90. The molecule has 0 aliphatic carbocycles. The number of urea groups is 1. The summed E-state index contributed by atoms with van der Waals surface area (Å²) in [5.74, 6) is -0.861. The zero-order valence-corrected chi connectivity index (χ0v) is 16.2. The third kappa shape index (κ3) is 4.58. The van der Waals surface area contributed by atoms with E-state index in [1.165, 1.54) is 19.2 Å². The normalized spacial score (nSPS) is 19.9. The van der Waals surface area contributed by atoms with Crippen molar-refractivity contribution in [3.8, 4) is 0 Å². The molecule has 0 aromatic heterocycles. The average molecular weight is 401 g/mol. The average Bonchev–Trinajstić information content (AvgIpc) is 3.18. The van der Waals surface area contributed by atoms with Crippen molar-refractivity contribution < 1.29 is 23.1 Å². The molecule has 0 spiro atoms. The highest BCUT2D eigenvalue weighted by Crippen LogP contribution is 2.33. The molecule has 0 radical (unpaired) electrons. The van der Waals surface area contributed by atoms with Gasteiger partial charge in [-0.05, 0) is 34.3 Å². The quantitative estimate of drug-likeness (QED) is 0.610. The summed E-state index contributed by atoms with van der Waals surface area (Å²) in [5.41, 5.74) is 1.78. The molecule has 8 heteroatoms. The van der Waals surface area contributed by atoms with Crippen molar-refractivity contribution in [3.05, 3.63) is 65.7 Å². The molecule has 0 bridgehead atoms. The van der Waals surface area contributed by atoms with Gasteiger partial charge in [-0.3, -0.25) is 9.00 Å². The van der Waals surface area contributed by atoms with E-state index >= 15 is 0 Å². The SMILES string of the molecule is COC(=O)C1CN(C(=O)NCc2ccc(S(=O)[O-])cc2)CC1c1ccccc1. The van der Waals surface area contributed by atoms with Crippen LogP contribution in [-0.2, 0) is 27.2 Å². The van der Waals surface area contributed by atoms with E-state index in [1.54, 1.807) is 17.0 Å². The van der Waals surface area contributed by atoms with Crippen molar-refractivity contribution >= 4 is 23.1 Å². The standard InChI is InChI=1S/C20H22N2O5S/c1-27-19(23)18-13-22(12-17(18)15-5-3-2-4-6-15)20(24)21-11-14-7-9-16(10-8-14)28(25)26/h2-10,17-18H,11-13H2,1H3,(H,21,24)(H,25,26)/p-1. The lowest BCUT2D eigenvalue weighted by atomic mass is 9.89. The molecule has 2 aromatic carbocycles. The smallest absolute Gasteiger partial charge is 0.317 e. The largest absolute Gasteiger partial charge is 0.768 e. The lowest BCUT2D eigenvalue weighted by Gasteiger charge is -2.17. The summed E-state index contributed by atoms with van der Waals surface area (Å²) in [7, 11) is 1.35. The lowest BCUT2D eigenvalue weighted by Crippen LogP contribution is -2.38. The van der Waals surface area contributed by atoms with E-state index in [-0.39, 0.29) is 35.9 Å². The Morgan fingerprint density at radius 2 is 1.82 bits per heavy atom. The Labute approximate surface area is 166 Å². The lowest BCUT2D eigenvalue weighted by molar-refractivity contribution is -0.145. The minimum atomic E-state index is -2.27. The molecule has 1 aliphatic rings. The van der Waals surface area contributed by atoms with Gasteiger partial charge in [-0.25, -0.2) is 4.79 Å². The molecular weight excluding hydrogens is 380 g/mol. The Morgan fingerprint density at radius 3 is 2.43 bits per heavy atom. The summed E-state index contributed by atoms with van der Waals surface area (Å²) in [6.07, 6.45) is 0. The maximum Gasteiger partial charge on any atom is 0.317 e. The fourth-order valence-electron chi connectivity index (χ4n) is 3.41. The second-order valence-corrected chi connectivity index (χ2v) is 7.53. The number of nitrogens with one attached hydrogen (secondary N) is 1. The van der Waals surface area contributed by atoms with E-state index in [4.69, 9.17) is 4.74 Å². The molecular formula is C20H21N2O5S-. The molecule has 7 nitrogen and oxygen atoms in total. The van der Waals surface area contributed by atoms with Gasteiger partial charge in [-0.1, -0.05) is 42.5 Å². The topological polar surface area (TPSA) is 98.8 Å². The van der Waals surface area contributed by atoms with Gasteiger partial charge in [0.15, 0.2) is 0 Å². The van der Waals surface area contributed by atoms with Crippen LogP contribution in [0.5, 0.6) is 0 Å². The Bertz CT molecular complexity index is 857. The minimum absolute atomic E-state index is 0.120. The van der Waals surface area contributed by atoms with Crippen molar-refractivity contribution in [1.29, 1.82) is 0 Å².